The first kappa shape index (κ1) is 28.2. The summed E-state index contributed by atoms with van der Waals surface area (Å²) in [4.78, 5) is 14.6. The number of hydrogen-bond donors (Lipinski definition) is 0. The largest absolute Gasteiger partial charge is 0.456 e. The van der Waals surface area contributed by atoms with Crippen LogP contribution in [0.15, 0.2) is 174 Å². The van der Waals surface area contributed by atoms with Crippen LogP contribution in [-0.2, 0) is 0 Å². The highest BCUT2D eigenvalue weighted by molar-refractivity contribution is 6.17. The molecule has 5 heteroatoms. The van der Waals surface area contributed by atoms with Crippen molar-refractivity contribution in [3.63, 3.8) is 0 Å². The third-order valence-electron chi connectivity index (χ3n) is 9.45. The zero-order chi connectivity index (χ0) is 33.0. The Morgan fingerprint density at radius 2 is 0.860 bits per heavy atom. The molecule has 0 aliphatic rings. The summed E-state index contributed by atoms with van der Waals surface area (Å²) < 4.78 is 8.80. The van der Waals surface area contributed by atoms with E-state index in [1.165, 1.54) is 16.3 Å². The second-order valence-electron chi connectivity index (χ2n) is 12.5. The van der Waals surface area contributed by atoms with E-state index in [2.05, 4.69) is 114 Å². The number of para-hydroxylation sites is 2. The summed E-state index contributed by atoms with van der Waals surface area (Å²) in [6.45, 7) is 0. The molecular weight excluding hydrogens is 613 g/mol. The fourth-order valence-corrected chi connectivity index (χ4v) is 7.02. The zero-order valence-electron chi connectivity index (χ0n) is 26.9. The van der Waals surface area contributed by atoms with Gasteiger partial charge in [0.05, 0.1) is 11.0 Å². The average molecular weight is 641 g/mol. The molecule has 0 amide bonds. The van der Waals surface area contributed by atoms with E-state index in [1.54, 1.807) is 0 Å². The highest BCUT2D eigenvalue weighted by atomic mass is 16.3. The van der Waals surface area contributed by atoms with Crippen molar-refractivity contribution < 1.29 is 4.42 Å². The van der Waals surface area contributed by atoms with Crippen molar-refractivity contribution in [2.75, 3.05) is 0 Å². The van der Waals surface area contributed by atoms with Crippen LogP contribution in [0.5, 0.6) is 0 Å². The van der Waals surface area contributed by atoms with Gasteiger partial charge in [-0.2, -0.15) is 0 Å². The second-order valence-corrected chi connectivity index (χ2v) is 12.5. The maximum absolute atomic E-state index is 6.47. The molecule has 0 bridgehead atoms. The van der Waals surface area contributed by atoms with Crippen LogP contribution < -0.4 is 0 Å². The van der Waals surface area contributed by atoms with Gasteiger partial charge < -0.3 is 8.98 Å². The fourth-order valence-electron chi connectivity index (χ4n) is 7.02. The Morgan fingerprint density at radius 3 is 1.52 bits per heavy atom. The van der Waals surface area contributed by atoms with Crippen LogP contribution in [0, 0.1) is 0 Å². The van der Waals surface area contributed by atoms with Crippen LogP contribution in [0.1, 0.15) is 0 Å². The van der Waals surface area contributed by atoms with Crippen molar-refractivity contribution in [3.8, 4) is 51.0 Å². The van der Waals surface area contributed by atoms with E-state index in [0.29, 0.717) is 17.5 Å². The van der Waals surface area contributed by atoms with E-state index in [-0.39, 0.29) is 0 Å². The molecule has 0 fully saturated rings. The molecule has 0 atom stereocenters. The lowest BCUT2D eigenvalue weighted by molar-refractivity contribution is 0.669. The summed E-state index contributed by atoms with van der Waals surface area (Å²) in [5.41, 5.74) is 10.2. The fraction of sp³-hybridized carbons (Fsp3) is 0. The highest BCUT2D eigenvalue weighted by Crippen LogP contribution is 2.39. The minimum absolute atomic E-state index is 0.638. The predicted molar refractivity (Wildman–Crippen MR) is 203 cm³/mol. The molecule has 10 rings (SSSR count). The van der Waals surface area contributed by atoms with Gasteiger partial charge in [0.25, 0.3) is 0 Å². The minimum atomic E-state index is 0.638. The Hall–Kier alpha value is -6.85. The first-order chi connectivity index (χ1) is 24.8. The molecule has 3 heterocycles. The van der Waals surface area contributed by atoms with Gasteiger partial charge in [-0.25, -0.2) is 15.0 Å². The topological polar surface area (TPSA) is 56.7 Å². The molecule has 234 valence electrons. The number of nitrogens with zero attached hydrogens (tertiary/aromatic N) is 4. The van der Waals surface area contributed by atoms with Crippen LogP contribution in [-0.4, -0.2) is 19.5 Å². The lowest BCUT2D eigenvalue weighted by Gasteiger charge is -2.09. The van der Waals surface area contributed by atoms with E-state index < -0.39 is 0 Å². The van der Waals surface area contributed by atoms with Gasteiger partial charge in [-0.3, -0.25) is 0 Å². The summed E-state index contributed by atoms with van der Waals surface area (Å²) in [7, 11) is 0. The number of aromatic nitrogens is 4. The van der Waals surface area contributed by atoms with E-state index in [9.17, 15) is 0 Å². The summed E-state index contributed by atoms with van der Waals surface area (Å²) in [5, 5.41) is 4.63. The van der Waals surface area contributed by atoms with Gasteiger partial charge in [-0.1, -0.05) is 127 Å². The van der Waals surface area contributed by atoms with Crippen molar-refractivity contribution in [2.45, 2.75) is 0 Å². The second kappa shape index (κ2) is 11.4. The van der Waals surface area contributed by atoms with Crippen molar-refractivity contribution in [1.82, 2.24) is 19.5 Å². The molecule has 7 aromatic carbocycles. The van der Waals surface area contributed by atoms with Gasteiger partial charge in [-0.15, -0.1) is 0 Å². The van der Waals surface area contributed by atoms with Crippen LogP contribution in [0.3, 0.4) is 0 Å². The smallest absolute Gasteiger partial charge is 0.164 e. The number of rotatable bonds is 5. The van der Waals surface area contributed by atoms with E-state index in [0.717, 1.165) is 61.0 Å². The normalized spacial score (nSPS) is 11.6. The van der Waals surface area contributed by atoms with Crippen molar-refractivity contribution >= 4 is 43.7 Å². The Labute approximate surface area is 287 Å². The van der Waals surface area contributed by atoms with Gasteiger partial charge in [0.15, 0.2) is 17.5 Å². The van der Waals surface area contributed by atoms with E-state index >= 15 is 0 Å². The molecule has 0 saturated heterocycles. The van der Waals surface area contributed by atoms with Crippen LogP contribution >= 0.6 is 0 Å². The molecule has 3 aromatic heterocycles. The molecule has 50 heavy (non-hydrogen) atoms. The molecular formula is C45H28N4O. The molecule has 0 N–H and O–H groups in total. The summed E-state index contributed by atoms with van der Waals surface area (Å²) in [6.07, 6.45) is 0. The van der Waals surface area contributed by atoms with Gasteiger partial charge >= 0.3 is 0 Å². The standard InChI is InChI=1S/C45H28N4O/c1-4-12-30(13-5-1)43-46-44(31-14-6-2-7-15-31)48-45(47-43)32-22-20-29(21-23-32)33-24-25-41-37(26-33)38-27-36-35-18-10-11-19-39(35)49(34-16-8-3-9-17-34)40(36)28-42(38)50-41/h1-28H. The number of furan rings is 1. The molecule has 0 aliphatic carbocycles. The molecule has 0 saturated carbocycles. The molecule has 5 nitrogen and oxygen atoms in total. The Balaban J connectivity index is 1.07. The first-order valence-electron chi connectivity index (χ1n) is 16.7. The van der Waals surface area contributed by atoms with Crippen LogP contribution in [0.2, 0.25) is 0 Å². The molecule has 0 aliphatic heterocycles. The van der Waals surface area contributed by atoms with Crippen molar-refractivity contribution in [3.05, 3.63) is 170 Å². The Kier molecular flexibility index (Phi) is 6.42. The maximum atomic E-state index is 6.47. The van der Waals surface area contributed by atoms with Crippen molar-refractivity contribution in [2.24, 2.45) is 0 Å². The first-order valence-corrected chi connectivity index (χ1v) is 16.7. The van der Waals surface area contributed by atoms with Gasteiger partial charge in [0.1, 0.15) is 11.2 Å². The maximum Gasteiger partial charge on any atom is 0.164 e. The average Bonchev–Trinajstić information content (AvgIpc) is 3.72. The predicted octanol–water partition coefficient (Wildman–Crippen LogP) is 11.5. The monoisotopic (exact) mass is 640 g/mol. The van der Waals surface area contributed by atoms with E-state index in [4.69, 9.17) is 19.4 Å². The van der Waals surface area contributed by atoms with E-state index in [1.807, 2.05) is 60.7 Å². The Bertz CT molecular complexity index is 2780. The molecule has 0 radical (unpaired) electrons. The molecule has 10 aromatic rings. The number of fused-ring (bicyclic) bond motifs is 6. The van der Waals surface area contributed by atoms with Gasteiger partial charge in [0, 0.05) is 50.0 Å². The van der Waals surface area contributed by atoms with Crippen molar-refractivity contribution in [1.29, 1.82) is 0 Å². The quantitative estimate of drug-likeness (QED) is 0.188. The number of benzene rings is 7. The SMILES string of the molecule is c1ccc(-c2nc(-c3ccccc3)nc(-c3ccc(-c4ccc5oc6cc7c(cc6c5c4)c4ccccc4n7-c4ccccc4)cc3)n2)cc1. The highest BCUT2D eigenvalue weighted by Gasteiger charge is 2.17. The summed E-state index contributed by atoms with van der Waals surface area (Å²) in [5.74, 6) is 1.94. The summed E-state index contributed by atoms with van der Waals surface area (Å²) >= 11 is 0. The third kappa shape index (κ3) is 4.67. The van der Waals surface area contributed by atoms with Gasteiger partial charge in [0.2, 0.25) is 0 Å². The van der Waals surface area contributed by atoms with Crippen LogP contribution in [0.25, 0.3) is 94.7 Å². The number of hydrogen-bond acceptors (Lipinski definition) is 4. The minimum Gasteiger partial charge on any atom is -0.456 e. The molecule has 0 unspecified atom stereocenters. The summed E-state index contributed by atoms with van der Waals surface area (Å²) in [6, 6.07) is 58.6. The van der Waals surface area contributed by atoms with Crippen LogP contribution in [0.4, 0.5) is 0 Å². The third-order valence-corrected chi connectivity index (χ3v) is 9.45. The lowest BCUT2D eigenvalue weighted by atomic mass is 10.0. The zero-order valence-corrected chi connectivity index (χ0v) is 26.9. The lowest BCUT2D eigenvalue weighted by Crippen LogP contribution is -2.00. The Morgan fingerprint density at radius 1 is 0.340 bits per heavy atom. The molecule has 0 spiro atoms. The van der Waals surface area contributed by atoms with Gasteiger partial charge in [-0.05, 0) is 47.5 Å².